The number of aryl methyl sites for hydroxylation is 2. The Morgan fingerprint density at radius 3 is 2.69 bits per heavy atom. The summed E-state index contributed by atoms with van der Waals surface area (Å²) < 4.78 is 43.6. The van der Waals surface area contributed by atoms with Crippen molar-refractivity contribution < 1.29 is 17.9 Å². The first-order chi connectivity index (χ1) is 14.0. The van der Waals surface area contributed by atoms with E-state index < -0.39 is 6.36 Å². The van der Waals surface area contributed by atoms with E-state index in [0.29, 0.717) is 35.6 Å². The number of alkyl halides is 3. The summed E-state index contributed by atoms with van der Waals surface area (Å²) in [5.74, 6) is -0.192. The summed E-state index contributed by atoms with van der Waals surface area (Å²) in [7, 11) is 0. The van der Waals surface area contributed by atoms with E-state index in [1.54, 1.807) is 41.6 Å². The Morgan fingerprint density at radius 2 is 1.90 bits per heavy atom. The lowest BCUT2D eigenvalue weighted by Crippen LogP contribution is -2.18. The molecule has 7 nitrogen and oxygen atoms in total. The van der Waals surface area contributed by atoms with Crippen molar-refractivity contribution >= 4 is 0 Å². The number of benzene rings is 1. The van der Waals surface area contributed by atoms with Crippen molar-refractivity contribution in [2.45, 2.75) is 19.3 Å². The van der Waals surface area contributed by atoms with E-state index in [-0.39, 0.29) is 5.75 Å². The van der Waals surface area contributed by atoms with Gasteiger partial charge in [-0.25, -0.2) is 4.98 Å². The van der Waals surface area contributed by atoms with Crippen molar-refractivity contribution in [2.75, 3.05) is 0 Å². The molecule has 0 radical (unpaired) electrons. The van der Waals surface area contributed by atoms with E-state index in [1.165, 1.54) is 12.1 Å². The second-order valence-electron chi connectivity index (χ2n) is 6.19. The molecule has 0 aliphatic heterocycles. The molecule has 0 atom stereocenters. The van der Waals surface area contributed by atoms with Crippen molar-refractivity contribution in [3.05, 3.63) is 66.9 Å². The van der Waals surface area contributed by atoms with E-state index in [0.717, 1.165) is 5.56 Å². The first-order valence-electron chi connectivity index (χ1n) is 8.66. The molecule has 0 spiro atoms. The molecule has 148 valence electrons. The lowest BCUT2D eigenvalue weighted by Gasteiger charge is -2.13. The van der Waals surface area contributed by atoms with Gasteiger partial charge in [0.25, 0.3) is 0 Å². The summed E-state index contributed by atoms with van der Waals surface area (Å²) in [5, 5.41) is 10.3. The zero-order valence-electron chi connectivity index (χ0n) is 15.0. The maximum Gasteiger partial charge on any atom is 0.573 e. The van der Waals surface area contributed by atoms with E-state index in [4.69, 9.17) is 0 Å². The number of hydrogen-bond acceptors (Lipinski definition) is 5. The number of aromatic nitrogens is 6. The molecular weight excluding hydrogens is 385 g/mol. The van der Waals surface area contributed by atoms with Gasteiger partial charge in [0, 0.05) is 30.7 Å². The molecule has 29 heavy (non-hydrogen) atoms. The molecule has 0 unspecified atom stereocenters. The number of nitrogens with zero attached hydrogens (tertiary/aromatic N) is 5. The van der Waals surface area contributed by atoms with Crippen molar-refractivity contribution in [2.24, 2.45) is 0 Å². The lowest BCUT2D eigenvalue weighted by molar-refractivity contribution is -0.274. The second-order valence-corrected chi connectivity index (χ2v) is 6.19. The van der Waals surface area contributed by atoms with Crippen molar-refractivity contribution in [3.8, 4) is 28.4 Å². The molecule has 4 aromatic rings. The van der Waals surface area contributed by atoms with E-state index in [2.05, 4.69) is 30.1 Å². The molecule has 3 aromatic heterocycles. The van der Waals surface area contributed by atoms with Crippen LogP contribution in [0.2, 0.25) is 0 Å². The van der Waals surface area contributed by atoms with Crippen LogP contribution in [0.1, 0.15) is 5.56 Å². The largest absolute Gasteiger partial charge is 0.573 e. The Morgan fingerprint density at radius 1 is 1.03 bits per heavy atom. The van der Waals surface area contributed by atoms with Crippen LogP contribution in [0.4, 0.5) is 13.2 Å². The van der Waals surface area contributed by atoms with Gasteiger partial charge >= 0.3 is 6.36 Å². The number of hydrogen-bond donors (Lipinski definition) is 1. The molecule has 0 fully saturated rings. The first-order valence-corrected chi connectivity index (χ1v) is 8.66. The Bertz CT molecular complexity index is 1090. The second kappa shape index (κ2) is 7.74. The fourth-order valence-electron chi connectivity index (χ4n) is 2.87. The molecule has 1 aromatic carbocycles. The molecule has 0 saturated heterocycles. The third-order valence-corrected chi connectivity index (χ3v) is 4.21. The minimum absolute atomic E-state index is 0.192. The van der Waals surface area contributed by atoms with Crippen LogP contribution >= 0.6 is 0 Å². The van der Waals surface area contributed by atoms with E-state index >= 15 is 0 Å². The number of aromatic amines is 1. The number of rotatable bonds is 6. The van der Waals surface area contributed by atoms with Crippen molar-refractivity contribution in [1.82, 2.24) is 29.9 Å². The molecule has 0 aliphatic carbocycles. The number of ether oxygens (including phenoxy) is 1. The third-order valence-electron chi connectivity index (χ3n) is 4.21. The van der Waals surface area contributed by atoms with Gasteiger partial charge in [0.1, 0.15) is 17.1 Å². The van der Waals surface area contributed by atoms with Crippen LogP contribution in [-0.4, -0.2) is 36.3 Å². The van der Waals surface area contributed by atoms with Gasteiger partial charge < -0.3 is 9.30 Å². The van der Waals surface area contributed by atoms with Gasteiger partial charge in [0.2, 0.25) is 0 Å². The number of halogens is 3. The number of pyridine rings is 1. The molecule has 1 N–H and O–H groups in total. The fraction of sp³-hybridized carbons (Fsp3) is 0.158. The standard InChI is InChI=1S/C19H15F3N6O/c20-19(21,22)29-18-4-2-1-3-13(18)6-8-28-11-17(24-12-28)15-9-14(5-7-23-15)16-10-25-27-26-16/h1-5,7,9-12H,6,8H2,(H,25,26,27). The summed E-state index contributed by atoms with van der Waals surface area (Å²) in [5.41, 5.74) is 3.30. The topological polar surface area (TPSA) is 81.5 Å². The Hall–Kier alpha value is -3.69. The van der Waals surface area contributed by atoms with Gasteiger partial charge in [-0.05, 0) is 30.2 Å². The van der Waals surface area contributed by atoms with Gasteiger partial charge in [-0.2, -0.15) is 0 Å². The van der Waals surface area contributed by atoms with Crippen LogP contribution < -0.4 is 4.74 Å². The average Bonchev–Trinajstić information content (AvgIpc) is 3.39. The average molecular weight is 400 g/mol. The number of H-pyrrole nitrogens is 1. The van der Waals surface area contributed by atoms with Crippen LogP contribution in [0.3, 0.4) is 0 Å². The fourth-order valence-corrected chi connectivity index (χ4v) is 2.87. The summed E-state index contributed by atoms with van der Waals surface area (Å²) in [6.07, 6.45) is 2.38. The summed E-state index contributed by atoms with van der Waals surface area (Å²) in [4.78, 5) is 8.67. The number of para-hydroxylation sites is 1. The highest BCUT2D eigenvalue weighted by Crippen LogP contribution is 2.27. The SMILES string of the molecule is FC(F)(F)Oc1ccccc1CCn1cnc(-c2cc(-c3c[nH]nn3)ccn2)c1. The predicted molar refractivity (Wildman–Crippen MR) is 97.7 cm³/mol. The van der Waals surface area contributed by atoms with Crippen molar-refractivity contribution in [3.63, 3.8) is 0 Å². The van der Waals surface area contributed by atoms with E-state index in [9.17, 15) is 13.2 Å². The zero-order chi connectivity index (χ0) is 20.3. The molecule has 3 heterocycles. The van der Waals surface area contributed by atoms with Gasteiger partial charge in [-0.15, -0.1) is 18.3 Å². The summed E-state index contributed by atoms with van der Waals surface area (Å²) in [6, 6.07) is 9.76. The molecule has 0 aliphatic rings. The van der Waals surface area contributed by atoms with Gasteiger partial charge in [-0.1, -0.05) is 23.4 Å². The lowest BCUT2D eigenvalue weighted by atomic mass is 10.1. The Balaban J connectivity index is 1.48. The monoisotopic (exact) mass is 400 g/mol. The van der Waals surface area contributed by atoms with Crippen molar-refractivity contribution in [1.29, 1.82) is 0 Å². The van der Waals surface area contributed by atoms with Crippen LogP contribution in [0.25, 0.3) is 22.6 Å². The number of imidazole rings is 1. The molecule has 0 amide bonds. The number of nitrogens with one attached hydrogen (secondary N) is 1. The van der Waals surface area contributed by atoms with Gasteiger partial charge in [0.05, 0.1) is 12.0 Å². The smallest absolute Gasteiger partial charge is 0.406 e. The normalized spacial score (nSPS) is 11.6. The molecule has 0 bridgehead atoms. The zero-order valence-corrected chi connectivity index (χ0v) is 15.0. The summed E-state index contributed by atoms with van der Waals surface area (Å²) in [6.45, 7) is 0.439. The van der Waals surface area contributed by atoms with E-state index in [1.807, 2.05) is 12.1 Å². The molecular formula is C19H15F3N6O. The third kappa shape index (κ3) is 4.60. The first kappa shape index (κ1) is 18.7. The van der Waals surface area contributed by atoms with Gasteiger partial charge in [-0.3, -0.25) is 10.1 Å². The van der Waals surface area contributed by atoms with Crippen LogP contribution in [-0.2, 0) is 13.0 Å². The van der Waals surface area contributed by atoms with Gasteiger partial charge in [0.15, 0.2) is 0 Å². The predicted octanol–water partition coefficient (Wildman–Crippen LogP) is 3.87. The molecule has 4 rings (SSSR count). The van der Waals surface area contributed by atoms with Crippen LogP contribution in [0.15, 0.2) is 61.3 Å². The minimum atomic E-state index is -4.72. The minimum Gasteiger partial charge on any atom is -0.406 e. The summed E-state index contributed by atoms with van der Waals surface area (Å²) >= 11 is 0. The molecule has 0 saturated carbocycles. The van der Waals surface area contributed by atoms with Crippen LogP contribution in [0, 0.1) is 0 Å². The molecule has 10 heteroatoms. The maximum atomic E-state index is 12.6. The highest BCUT2D eigenvalue weighted by atomic mass is 19.4. The Kier molecular flexibility index (Phi) is 4.98. The maximum absolute atomic E-state index is 12.6. The highest BCUT2D eigenvalue weighted by Gasteiger charge is 2.31. The highest BCUT2D eigenvalue weighted by molar-refractivity contribution is 5.65. The van der Waals surface area contributed by atoms with Crippen LogP contribution in [0.5, 0.6) is 5.75 Å². The quantitative estimate of drug-likeness (QED) is 0.531. The Labute approximate surface area is 163 Å².